The lowest BCUT2D eigenvalue weighted by molar-refractivity contribution is 0.585. The van der Waals surface area contributed by atoms with Crippen molar-refractivity contribution in [2.24, 2.45) is 0 Å². The first-order valence-electron chi connectivity index (χ1n) is 6.90. The molecule has 0 aromatic carbocycles. The van der Waals surface area contributed by atoms with Crippen LogP contribution in [-0.2, 0) is 0 Å². The second-order valence-electron chi connectivity index (χ2n) is 4.78. The number of aromatic nitrogens is 2. The SMILES string of the molecule is C/C=c1/nc(N2CCNCC2)c2cccn2/c1=C/C. The molecule has 0 atom stereocenters. The van der Waals surface area contributed by atoms with Crippen LogP contribution in [0.5, 0.6) is 0 Å². The number of anilines is 1. The van der Waals surface area contributed by atoms with Gasteiger partial charge < -0.3 is 14.6 Å². The van der Waals surface area contributed by atoms with Crippen LogP contribution in [0.25, 0.3) is 17.7 Å². The Hall–Kier alpha value is -1.81. The Bertz CT molecular complexity index is 693. The number of nitrogens with one attached hydrogen (secondary N) is 1. The van der Waals surface area contributed by atoms with Crippen molar-refractivity contribution < 1.29 is 0 Å². The normalized spacial score (nSPS) is 18.5. The molecule has 0 unspecified atom stereocenters. The van der Waals surface area contributed by atoms with Gasteiger partial charge in [-0.15, -0.1) is 0 Å². The number of hydrogen-bond acceptors (Lipinski definition) is 3. The van der Waals surface area contributed by atoms with Crippen LogP contribution in [0.3, 0.4) is 0 Å². The van der Waals surface area contributed by atoms with Crippen LogP contribution in [0, 0.1) is 0 Å². The van der Waals surface area contributed by atoms with Gasteiger partial charge in [0.2, 0.25) is 0 Å². The second kappa shape index (κ2) is 5.05. The maximum absolute atomic E-state index is 4.88. The van der Waals surface area contributed by atoms with Crippen LogP contribution in [-0.4, -0.2) is 35.6 Å². The summed E-state index contributed by atoms with van der Waals surface area (Å²) in [5, 5.41) is 5.61. The van der Waals surface area contributed by atoms with Crippen LogP contribution in [0.1, 0.15) is 13.8 Å². The minimum Gasteiger partial charge on any atom is -0.352 e. The Balaban J connectivity index is 2.28. The van der Waals surface area contributed by atoms with E-state index in [1.165, 1.54) is 10.9 Å². The lowest BCUT2D eigenvalue weighted by Gasteiger charge is -2.29. The molecule has 4 nitrogen and oxygen atoms in total. The molecule has 1 N–H and O–H groups in total. The molecule has 3 heterocycles. The molecule has 1 saturated heterocycles. The van der Waals surface area contributed by atoms with Crippen LogP contribution in [0.15, 0.2) is 18.3 Å². The molecule has 19 heavy (non-hydrogen) atoms. The van der Waals surface area contributed by atoms with Gasteiger partial charge in [0.25, 0.3) is 0 Å². The smallest absolute Gasteiger partial charge is 0.153 e. The average Bonchev–Trinajstić information content (AvgIpc) is 2.95. The molecule has 100 valence electrons. The minimum atomic E-state index is 1.02. The number of hydrogen-bond donors (Lipinski definition) is 1. The van der Waals surface area contributed by atoms with Crippen molar-refractivity contribution in [1.82, 2.24) is 14.7 Å². The van der Waals surface area contributed by atoms with Gasteiger partial charge in [-0.2, -0.15) is 0 Å². The van der Waals surface area contributed by atoms with E-state index in [1.54, 1.807) is 0 Å². The maximum atomic E-state index is 4.88. The lowest BCUT2D eigenvalue weighted by atomic mass is 10.3. The lowest BCUT2D eigenvalue weighted by Crippen LogP contribution is -2.46. The van der Waals surface area contributed by atoms with Crippen molar-refractivity contribution in [2.75, 3.05) is 31.1 Å². The van der Waals surface area contributed by atoms with Crippen molar-refractivity contribution in [2.45, 2.75) is 13.8 Å². The van der Waals surface area contributed by atoms with Crippen molar-refractivity contribution in [3.05, 3.63) is 29.0 Å². The highest BCUT2D eigenvalue weighted by Crippen LogP contribution is 2.16. The van der Waals surface area contributed by atoms with Gasteiger partial charge in [0.1, 0.15) is 0 Å². The summed E-state index contributed by atoms with van der Waals surface area (Å²) in [5.74, 6) is 1.10. The first kappa shape index (κ1) is 12.2. The van der Waals surface area contributed by atoms with Gasteiger partial charge in [-0.1, -0.05) is 12.2 Å². The number of fused-ring (bicyclic) bond motifs is 1. The van der Waals surface area contributed by atoms with Crippen LogP contribution in [0.2, 0.25) is 0 Å². The molecular weight excluding hydrogens is 236 g/mol. The molecule has 0 aliphatic carbocycles. The third kappa shape index (κ3) is 2.02. The largest absolute Gasteiger partial charge is 0.352 e. The molecule has 2 aromatic heterocycles. The zero-order chi connectivity index (χ0) is 13.2. The maximum Gasteiger partial charge on any atom is 0.153 e. The molecule has 3 rings (SSSR count). The van der Waals surface area contributed by atoms with E-state index in [1.807, 2.05) is 6.92 Å². The van der Waals surface area contributed by atoms with Gasteiger partial charge in [-0.25, -0.2) is 4.98 Å². The predicted molar refractivity (Wildman–Crippen MR) is 79.8 cm³/mol. The summed E-state index contributed by atoms with van der Waals surface area (Å²) in [5.41, 5.74) is 1.20. The van der Waals surface area contributed by atoms with E-state index in [2.05, 4.69) is 52.0 Å². The molecule has 4 heteroatoms. The van der Waals surface area contributed by atoms with Crippen LogP contribution < -0.4 is 20.9 Å². The Morgan fingerprint density at radius 2 is 2.00 bits per heavy atom. The van der Waals surface area contributed by atoms with E-state index in [0.717, 1.165) is 37.3 Å². The first-order chi connectivity index (χ1) is 9.35. The quantitative estimate of drug-likeness (QED) is 0.799. The monoisotopic (exact) mass is 256 g/mol. The third-order valence-corrected chi connectivity index (χ3v) is 3.69. The standard InChI is InChI=1S/C15H20N4/c1-3-12-13(4-2)19-9-5-6-14(19)15(17-12)18-10-7-16-8-11-18/h3-6,9,16H,7-8,10-11H2,1-2H3/b12-3+,13-4+. The molecule has 1 aliphatic heterocycles. The van der Waals surface area contributed by atoms with Crippen molar-refractivity contribution in [3.63, 3.8) is 0 Å². The van der Waals surface area contributed by atoms with E-state index in [-0.39, 0.29) is 0 Å². The Morgan fingerprint density at radius 1 is 1.21 bits per heavy atom. The summed E-state index contributed by atoms with van der Waals surface area (Å²) in [4.78, 5) is 7.25. The van der Waals surface area contributed by atoms with E-state index in [0.29, 0.717) is 0 Å². The highest BCUT2D eigenvalue weighted by Gasteiger charge is 2.15. The van der Waals surface area contributed by atoms with Crippen molar-refractivity contribution in [3.8, 4) is 0 Å². The van der Waals surface area contributed by atoms with Gasteiger partial charge in [0.15, 0.2) is 5.82 Å². The van der Waals surface area contributed by atoms with E-state index in [9.17, 15) is 0 Å². The molecule has 0 bridgehead atoms. The summed E-state index contributed by atoms with van der Waals surface area (Å²) in [6.45, 7) is 8.21. The average molecular weight is 256 g/mol. The highest BCUT2D eigenvalue weighted by molar-refractivity contribution is 5.69. The van der Waals surface area contributed by atoms with E-state index >= 15 is 0 Å². The summed E-state index contributed by atoms with van der Waals surface area (Å²) in [6.07, 6.45) is 6.32. The summed E-state index contributed by atoms with van der Waals surface area (Å²) in [7, 11) is 0. The molecule has 0 saturated carbocycles. The second-order valence-corrected chi connectivity index (χ2v) is 4.78. The zero-order valence-corrected chi connectivity index (χ0v) is 11.6. The number of rotatable bonds is 1. The molecule has 1 fully saturated rings. The van der Waals surface area contributed by atoms with Gasteiger partial charge >= 0.3 is 0 Å². The van der Waals surface area contributed by atoms with E-state index < -0.39 is 0 Å². The molecule has 0 radical (unpaired) electrons. The third-order valence-electron chi connectivity index (χ3n) is 3.69. The van der Waals surface area contributed by atoms with Crippen molar-refractivity contribution in [1.29, 1.82) is 0 Å². The number of piperazine rings is 1. The fourth-order valence-electron chi connectivity index (χ4n) is 2.73. The highest BCUT2D eigenvalue weighted by atomic mass is 15.2. The Labute approximate surface area is 113 Å². The van der Waals surface area contributed by atoms with Gasteiger partial charge in [-0.05, 0) is 26.0 Å². The molecule has 1 aliphatic rings. The fraction of sp³-hybridized carbons (Fsp3) is 0.400. The van der Waals surface area contributed by atoms with Crippen molar-refractivity contribution >= 4 is 23.5 Å². The predicted octanol–water partition coefficient (Wildman–Crippen LogP) is 0.345. The molecular formula is C15H20N4. The van der Waals surface area contributed by atoms with Crippen LogP contribution >= 0.6 is 0 Å². The number of nitrogens with zero attached hydrogens (tertiary/aromatic N) is 3. The van der Waals surface area contributed by atoms with Gasteiger partial charge in [0.05, 0.1) is 16.2 Å². The van der Waals surface area contributed by atoms with E-state index in [4.69, 9.17) is 4.98 Å². The summed E-state index contributed by atoms with van der Waals surface area (Å²) < 4.78 is 2.24. The summed E-state index contributed by atoms with van der Waals surface area (Å²) >= 11 is 0. The van der Waals surface area contributed by atoms with Gasteiger partial charge in [-0.3, -0.25) is 0 Å². The molecule has 0 spiro atoms. The Kier molecular flexibility index (Phi) is 3.25. The minimum absolute atomic E-state index is 1.02. The van der Waals surface area contributed by atoms with Crippen LogP contribution in [0.4, 0.5) is 5.82 Å². The topological polar surface area (TPSA) is 32.6 Å². The first-order valence-corrected chi connectivity index (χ1v) is 6.90. The van der Waals surface area contributed by atoms with Gasteiger partial charge in [0, 0.05) is 32.4 Å². The molecule has 0 amide bonds. The molecule has 2 aromatic rings. The zero-order valence-electron chi connectivity index (χ0n) is 11.6. The Morgan fingerprint density at radius 3 is 2.68 bits per heavy atom. The fourth-order valence-corrected chi connectivity index (χ4v) is 2.73. The summed E-state index contributed by atoms with van der Waals surface area (Å²) in [6, 6.07) is 4.24.